The van der Waals surface area contributed by atoms with Crippen molar-refractivity contribution in [1.82, 2.24) is 5.32 Å². The Kier molecular flexibility index (Phi) is 5.50. The standard InChI is InChI=1S/C18H21F2NO/c1-12-8-14(3)16(9-13(12)2)11-21-10-15-6-4-5-7-17(15)22-18(19)20/h4-9,18,21H,10-11H2,1-3H3. The average molecular weight is 305 g/mol. The van der Waals surface area contributed by atoms with Gasteiger partial charge in [-0.05, 0) is 49.1 Å². The summed E-state index contributed by atoms with van der Waals surface area (Å²) >= 11 is 0. The van der Waals surface area contributed by atoms with Gasteiger partial charge >= 0.3 is 6.61 Å². The molecule has 0 heterocycles. The minimum Gasteiger partial charge on any atom is -0.434 e. The summed E-state index contributed by atoms with van der Waals surface area (Å²) in [5, 5.41) is 3.29. The largest absolute Gasteiger partial charge is 0.434 e. The molecule has 0 unspecified atom stereocenters. The van der Waals surface area contributed by atoms with E-state index in [-0.39, 0.29) is 5.75 Å². The summed E-state index contributed by atoms with van der Waals surface area (Å²) in [6.45, 7) is 4.63. The van der Waals surface area contributed by atoms with Gasteiger partial charge in [0.15, 0.2) is 0 Å². The van der Waals surface area contributed by atoms with Crippen LogP contribution in [0.4, 0.5) is 8.78 Å². The molecule has 4 heteroatoms. The number of ether oxygens (including phenoxy) is 1. The number of nitrogens with one attached hydrogen (secondary N) is 1. The van der Waals surface area contributed by atoms with Crippen LogP contribution in [-0.2, 0) is 13.1 Å². The van der Waals surface area contributed by atoms with E-state index in [1.807, 2.05) is 6.07 Å². The van der Waals surface area contributed by atoms with Crippen molar-refractivity contribution in [2.45, 2.75) is 40.5 Å². The predicted molar refractivity (Wildman–Crippen MR) is 84.3 cm³/mol. The average Bonchev–Trinajstić information content (AvgIpc) is 2.45. The Morgan fingerprint density at radius 1 is 0.909 bits per heavy atom. The lowest BCUT2D eigenvalue weighted by atomic mass is 10.0. The summed E-state index contributed by atoms with van der Waals surface area (Å²) in [7, 11) is 0. The molecule has 2 aromatic carbocycles. The summed E-state index contributed by atoms with van der Waals surface area (Å²) in [6.07, 6.45) is 0. The van der Waals surface area contributed by atoms with E-state index < -0.39 is 6.61 Å². The van der Waals surface area contributed by atoms with Crippen molar-refractivity contribution < 1.29 is 13.5 Å². The van der Waals surface area contributed by atoms with Crippen molar-refractivity contribution in [3.05, 3.63) is 64.2 Å². The number of benzene rings is 2. The molecule has 0 fully saturated rings. The molecule has 0 atom stereocenters. The molecule has 0 aliphatic carbocycles. The van der Waals surface area contributed by atoms with Gasteiger partial charge in [0.25, 0.3) is 0 Å². The van der Waals surface area contributed by atoms with Crippen molar-refractivity contribution in [3.8, 4) is 5.75 Å². The van der Waals surface area contributed by atoms with E-state index in [2.05, 4.69) is 43.0 Å². The second-order valence-electron chi connectivity index (χ2n) is 5.45. The van der Waals surface area contributed by atoms with E-state index in [1.54, 1.807) is 18.2 Å². The van der Waals surface area contributed by atoms with Gasteiger partial charge in [-0.2, -0.15) is 8.78 Å². The second kappa shape index (κ2) is 7.36. The van der Waals surface area contributed by atoms with E-state index in [0.29, 0.717) is 13.1 Å². The first kappa shape index (κ1) is 16.4. The Morgan fingerprint density at radius 2 is 1.55 bits per heavy atom. The maximum absolute atomic E-state index is 12.4. The van der Waals surface area contributed by atoms with E-state index in [0.717, 1.165) is 5.56 Å². The van der Waals surface area contributed by atoms with E-state index in [9.17, 15) is 8.78 Å². The first-order valence-corrected chi connectivity index (χ1v) is 7.27. The van der Waals surface area contributed by atoms with E-state index >= 15 is 0 Å². The van der Waals surface area contributed by atoms with Gasteiger partial charge in [-0.1, -0.05) is 30.3 Å². The lowest BCUT2D eigenvalue weighted by molar-refractivity contribution is -0.0505. The number of halogens is 2. The Labute approximate surface area is 130 Å². The summed E-state index contributed by atoms with van der Waals surface area (Å²) < 4.78 is 29.3. The van der Waals surface area contributed by atoms with Gasteiger partial charge in [0.05, 0.1) is 0 Å². The molecule has 2 rings (SSSR count). The molecular formula is C18H21F2NO. The minimum atomic E-state index is -2.80. The van der Waals surface area contributed by atoms with Crippen molar-refractivity contribution >= 4 is 0 Å². The van der Waals surface area contributed by atoms with Crippen LogP contribution in [0.3, 0.4) is 0 Å². The molecule has 2 nitrogen and oxygen atoms in total. The second-order valence-corrected chi connectivity index (χ2v) is 5.45. The molecule has 22 heavy (non-hydrogen) atoms. The molecule has 0 aliphatic rings. The highest BCUT2D eigenvalue weighted by Gasteiger charge is 2.09. The number of rotatable bonds is 6. The Bertz CT molecular complexity index is 641. The third-order valence-corrected chi connectivity index (χ3v) is 3.77. The van der Waals surface area contributed by atoms with Gasteiger partial charge in [0.2, 0.25) is 0 Å². The zero-order chi connectivity index (χ0) is 16.1. The first-order valence-electron chi connectivity index (χ1n) is 7.27. The monoisotopic (exact) mass is 305 g/mol. The Balaban J connectivity index is 2.01. The van der Waals surface area contributed by atoms with Crippen molar-refractivity contribution in [2.75, 3.05) is 0 Å². The lowest BCUT2D eigenvalue weighted by Crippen LogP contribution is -2.15. The number of hydrogen-bond acceptors (Lipinski definition) is 2. The fourth-order valence-electron chi connectivity index (χ4n) is 2.40. The SMILES string of the molecule is Cc1cc(C)c(CNCc2ccccc2OC(F)F)cc1C. The maximum Gasteiger partial charge on any atom is 0.387 e. The highest BCUT2D eigenvalue weighted by atomic mass is 19.3. The van der Waals surface area contributed by atoms with Gasteiger partial charge in [-0.25, -0.2) is 0 Å². The van der Waals surface area contributed by atoms with Gasteiger partial charge in [-0.15, -0.1) is 0 Å². The van der Waals surface area contributed by atoms with Crippen LogP contribution < -0.4 is 10.1 Å². The minimum absolute atomic E-state index is 0.224. The lowest BCUT2D eigenvalue weighted by Gasteiger charge is -2.13. The number of aryl methyl sites for hydroxylation is 3. The smallest absolute Gasteiger partial charge is 0.387 e. The van der Waals surface area contributed by atoms with Crippen LogP contribution in [-0.4, -0.2) is 6.61 Å². The molecular weight excluding hydrogens is 284 g/mol. The molecule has 0 radical (unpaired) electrons. The van der Waals surface area contributed by atoms with Crippen molar-refractivity contribution in [3.63, 3.8) is 0 Å². The topological polar surface area (TPSA) is 21.3 Å². The molecule has 0 bridgehead atoms. The first-order chi connectivity index (χ1) is 10.5. The van der Waals surface area contributed by atoms with Gasteiger partial charge in [-0.3, -0.25) is 0 Å². The molecule has 2 aromatic rings. The third-order valence-electron chi connectivity index (χ3n) is 3.77. The van der Waals surface area contributed by atoms with Crippen LogP contribution in [0, 0.1) is 20.8 Å². The summed E-state index contributed by atoms with van der Waals surface area (Å²) in [5.74, 6) is 0.224. The normalized spacial score (nSPS) is 11.0. The Hall–Kier alpha value is -1.94. The van der Waals surface area contributed by atoms with Gasteiger partial charge in [0.1, 0.15) is 5.75 Å². The van der Waals surface area contributed by atoms with Crippen LogP contribution in [0.15, 0.2) is 36.4 Å². The van der Waals surface area contributed by atoms with Crippen LogP contribution in [0.25, 0.3) is 0 Å². The van der Waals surface area contributed by atoms with Gasteiger partial charge in [0, 0.05) is 18.7 Å². The van der Waals surface area contributed by atoms with E-state index in [1.165, 1.54) is 22.3 Å². The fraction of sp³-hybridized carbons (Fsp3) is 0.333. The maximum atomic E-state index is 12.4. The molecule has 0 saturated heterocycles. The quantitative estimate of drug-likeness (QED) is 0.848. The molecule has 0 amide bonds. The highest BCUT2D eigenvalue weighted by Crippen LogP contribution is 2.20. The summed E-state index contributed by atoms with van der Waals surface area (Å²) in [5.41, 5.74) is 5.70. The van der Waals surface area contributed by atoms with E-state index in [4.69, 9.17) is 0 Å². The van der Waals surface area contributed by atoms with Crippen LogP contribution in [0.1, 0.15) is 27.8 Å². The zero-order valence-electron chi connectivity index (χ0n) is 13.1. The fourth-order valence-corrected chi connectivity index (χ4v) is 2.40. The molecule has 118 valence electrons. The highest BCUT2D eigenvalue weighted by molar-refractivity contribution is 5.37. The van der Waals surface area contributed by atoms with Crippen molar-refractivity contribution in [1.29, 1.82) is 0 Å². The summed E-state index contributed by atoms with van der Waals surface area (Å²) in [4.78, 5) is 0. The molecule has 0 aliphatic heterocycles. The summed E-state index contributed by atoms with van der Waals surface area (Å²) in [6, 6.07) is 11.2. The van der Waals surface area contributed by atoms with Crippen molar-refractivity contribution in [2.24, 2.45) is 0 Å². The number of alkyl halides is 2. The zero-order valence-corrected chi connectivity index (χ0v) is 13.1. The van der Waals surface area contributed by atoms with Gasteiger partial charge < -0.3 is 10.1 Å². The van der Waals surface area contributed by atoms with Crippen LogP contribution >= 0.6 is 0 Å². The molecule has 1 N–H and O–H groups in total. The number of hydrogen-bond donors (Lipinski definition) is 1. The van der Waals surface area contributed by atoms with Crippen LogP contribution in [0.2, 0.25) is 0 Å². The third kappa shape index (κ3) is 4.28. The molecule has 0 aromatic heterocycles. The predicted octanol–water partition coefficient (Wildman–Crippen LogP) is 4.50. The number of para-hydroxylation sites is 1. The molecule has 0 saturated carbocycles. The Morgan fingerprint density at radius 3 is 2.27 bits per heavy atom. The van der Waals surface area contributed by atoms with Crippen LogP contribution in [0.5, 0.6) is 5.75 Å². The molecule has 0 spiro atoms.